The Labute approximate surface area is 582 Å². The van der Waals surface area contributed by atoms with E-state index in [0.717, 1.165) is 96.3 Å². The molecular formula is C85H152NO8+. The second-order valence-electron chi connectivity index (χ2n) is 28.0. The Kier molecular flexibility index (Phi) is 72.0. The zero-order chi connectivity index (χ0) is 68.2. The first-order valence-corrected chi connectivity index (χ1v) is 39.9. The van der Waals surface area contributed by atoms with Crippen molar-refractivity contribution in [2.24, 2.45) is 0 Å². The van der Waals surface area contributed by atoms with E-state index in [-0.39, 0.29) is 32.2 Å². The Hall–Kier alpha value is -3.79. The lowest BCUT2D eigenvalue weighted by Gasteiger charge is -2.25. The maximum Gasteiger partial charge on any atom is 0.361 e. The molecule has 0 radical (unpaired) electrons. The number of hydrogen-bond donors (Lipinski definition) is 1. The third-order valence-electron chi connectivity index (χ3n) is 17.6. The Morgan fingerprint density at radius 2 is 0.606 bits per heavy atom. The number of aliphatic carboxylic acids is 1. The zero-order valence-corrected chi connectivity index (χ0v) is 62.4. The average Bonchev–Trinajstić information content (AvgIpc) is 3.76. The van der Waals surface area contributed by atoms with Crippen LogP contribution in [0.3, 0.4) is 0 Å². The first-order valence-electron chi connectivity index (χ1n) is 39.9. The van der Waals surface area contributed by atoms with Crippen LogP contribution in [0, 0.1) is 0 Å². The van der Waals surface area contributed by atoms with Crippen LogP contribution in [0.15, 0.2) is 97.2 Å². The Bertz CT molecular complexity index is 1870. The number of rotatable bonds is 74. The number of carboxylic acids is 1. The van der Waals surface area contributed by atoms with Crippen molar-refractivity contribution in [3.05, 3.63) is 97.2 Å². The maximum absolute atomic E-state index is 13.0. The van der Waals surface area contributed by atoms with Crippen LogP contribution in [0.5, 0.6) is 0 Å². The fourth-order valence-corrected chi connectivity index (χ4v) is 11.6. The van der Waals surface area contributed by atoms with Gasteiger partial charge in [0, 0.05) is 12.8 Å². The topological polar surface area (TPSA) is 108 Å². The molecule has 0 spiro atoms. The van der Waals surface area contributed by atoms with Gasteiger partial charge in [-0.3, -0.25) is 9.59 Å². The number of nitrogens with zero attached hydrogens (tertiary/aromatic N) is 1. The summed E-state index contributed by atoms with van der Waals surface area (Å²) in [6.07, 6.45) is 101. The highest BCUT2D eigenvalue weighted by Gasteiger charge is 2.25. The molecule has 0 saturated heterocycles. The predicted molar refractivity (Wildman–Crippen MR) is 405 cm³/mol. The van der Waals surface area contributed by atoms with Crippen LogP contribution >= 0.6 is 0 Å². The van der Waals surface area contributed by atoms with Crippen LogP contribution in [0.4, 0.5) is 0 Å². The molecule has 0 aliphatic carbocycles. The number of quaternary nitrogens is 1. The second kappa shape index (κ2) is 75.0. The lowest BCUT2D eigenvalue weighted by Crippen LogP contribution is -2.40. The number of esters is 2. The SMILES string of the molecule is CC/C=C\C/C=C\C/C=C\C/C=C\C/C=C\C/C=C\C/C=C\C/C=C\CCCCCCCCCCCCC(=O)OC(COC(=O)CCCCCCCCCCCCCCCCCCCCCCCCCCCCCCCCCCCC)COC(OCC[N+](C)(C)C)C(=O)O. The minimum atomic E-state index is -1.52. The number of likely N-dealkylation sites (N-methyl/N-ethyl adjacent to an activating group) is 1. The average molecular weight is 1320 g/mol. The van der Waals surface area contributed by atoms with E-state index in [4.69, 9.17) is 18.9 Å². The Morgan fingerprint density at radius 1 is 0.330 bits per heavy atom. The normalized spacial score (nSPS) is 13.2. The van der Waals surface area contributed by atoms with Gasteiger partial charge in [0.2, 0.25) is 0 Å². The summed E-state index contributed by atoms with van der Waals surface area (Å²) in [5.74, 6) is -2.00. The van der Waals surface area contributed by atoms with Gasteiger partial charge in [0.25, 0.3) is 6.29 Å². The molecule has 2 atom stereocenters. The van der Waals surface area contributed by atoms with Crippen LogP contribution in [-0.2, 0) is 33.3 Å². The molecule has 0 aliphatic rings. The third-order valence-corrected chi connectivity index (χ3v) is 17.6. The molecule has 544 valence electrons. The predicted octanol–water partition coefficient (Wildman–Crippen LogP) is 25.5. The standard InChI is InChI=1S/C85H151NO8/c1-6-8-10-12-14-16-18-20-22-24-26-28-30-32-34-36-38-40-42-44-46-48-50-52-54-56-58-60-62-64-66-68-70-72-74-76-83(88)94-81(80-93-85(84(89)90)91-78-77-86(3,4)5)79-92-82(87)75-73-71-69-67-65-63-61-59-57-55-53-51-49-47-45-43-41-39-37-35-33-31-29-27-25-23-21-19-17-15-13-11-9-7-2/h8,10,14,16,20,22,26,28,32,34,38,40,44,46,50,52,81,85H,6-7,9,11-13,15,17-19,21,23-25,27,29-31,33,35-37,39,41-43,45,47-49,51,53-80H2,1-5H3/p+1/b10-8-,16-14-,22-20-,28-26-,34-32-,40-38-,46-44-,52-50-. The van der Waals surface area contributed by atoms with Crippen LogP contribution in [0.25, 0.3) is 0 Å². The monoisotopic (exact) mass is 1320 g/mol. The molecule has 1 N–H and O–H groups in total. The van der Waals surface area contributed by atoms with Gasteiger partial charge in [0.15, 0.2) is 6.10 Å². The first-order chi connectivity index (χ1) is 46.1. The molecule has 9 nitrogen and oxygen atoms in total. The van der Waals surface area contributed by atoms with Crippen molar-refractivity contribution in [2.75, 3.05) is 47.5 Å². The van der Waals surface area contributed by atoms with E-state index < -0.39 is 24.3 Å². The minimum absolute atomic E-state index is 0.184. The Balaban J connectivity index is 4.05. The van der Waals surface area contributed by atoms with Crippen molar-refractivity contribution in [3.63, 3.8) is 0 Å². The van der Waals surface area contributed by atoms with Crippen molar-refractivity contribution in [3.8, 4) is 0 Å². The molecule has 9 heteroatoms. The van der Waals surface area contributed by atoms with E-state index in [0.29, 0.717) is 23.9 Å². The summed E-state index contributed by atoms with van der Waals surface area (Å²) in [5.41, 5.74) is 0. The number of carboxylic acid groups (broad SMARTS) is 1. The summed E-state index contributed by atoms with van der Waals surface area (Å²) in [6, 6.07) is 0. The number of hydrogen-bond acceptors (Lipinski definition) is 7. The molecule has 0 heterocycles. The highest BCUT2D eigenvalue weighted by molar-refractivity contribution is 5.71. The fourth-order valence-electron chi connectivity index (χ4n) is 11.6. The molecule has 0 aromatic heterocycles. The molecule has 0 saturated carbocycles. The third kappa shape index (κ3) is 75.6. The molecule has 0 aliphatic heterocycles. The van der Waals surface area contributed by atoms with E-state index in [1.165, 1.54) is 238 Å². The van der Waals surface area contributed by atoms with E-state index in [1.807, 2.05) is 21.1 Å². The molecule has 0 rings (SSSR count). The van der Waals surface area contributed by atoms with Crippen LogP contribution in [0.1, 0.15) is 367 Å². The van der Waals surface area contributed by atoms with Crippen molar-refractivity contribution < 1.29 is 42.9 Å². The molecule has 2 unspecified atom stereocenters. The number of allylic oxidation sites excluding steroid dienone is 16. The van der Waals surface area contributed by atoms with Crippen molar-refractivity contribution in [1.29, 1.82) is 0 Å². The smallest absolute Gasteiger partial charge is 0.361 e. The van der Waals surface area contributed by atoms with Gasteiger partial charge in [-0.15, -0.1) is 0 Å². The van der Waals surface area contributed by atoms with Gasteiger partial charge in [-0.2, -0.15) is 0 Å². The van der Waals surface area contributed by atoms with Gasteiger partial charge >= 0.3 is 17.9 Å². The summed E-state index contributed by atoms with van der Waals surface area (Å²) < 4.78 is 23.0. The van der Waals surface area contributed by atoms with Crippen molar-refractivity contribution in [2.45, 2.75) is 379 Å². The van der Waals surface area contributed by atoms with Gasteiger partial charge in [-0.25, -0.2) is 4.79 Å². The van der Waals surface area contributed by atoms with Crippen molar-refractivity contribution in [1.82, 2.24) is 0 Å². The summed E-state index contributed by atoms with van der Waals surface area (Å²) >= 11 is 0. The summed E-state index contributed by atoms with van der Waals surface area (Å²) in [7, 11) is 5.99. The van der Waals surface area contributed by atoms with Gasteiger partial charge in [0.1, 0.15) is 13.2 Å². The Morgan fingerprint density at radius 3 is 0.904 bits per heavy atom. The number of carbonyl (C=O) groups excluding carboxylic acids is 2. The molecule has 0 aromatic carbocycles. The van der Waals surface area contributed by atoms with Gasteiger partial charge in [0.05, 0.1) is 34.4 Å². The second-order valence-corrected chi connectivity index (χ2v) is 28.0. The lowest BCUT2D eigenvalue weighted by molar-refractivity contribution is -0.870. The van der Waals surface area contributed by atoms with Crippen LogP contribution in [0.2, 0.25) is 0 Å². The molecule has 0 aromatic rings. The largest absolute Gasteiger partial charge is 0.477 e. The van der Waals surface area contributed by atoms with Crippen LogP contribution in [-0.4, -0.2) is 87.4 Å². The summed E-state index contributed by atoms with van der Waals surface area (Å²) in [4.78, 5) is 37.7. The fraction of sp³-hybridized carbons (Fsp3) is 0.776. The number of carbonyl (C=O) groups is 3. The van der Waals surface area contributed by atoms with E-state index >= 15 is 0 Å². The van der Waals surface area contributed by atoms with Gasteiger partial charge in [-0.1, -0.05) is 374 Å². The van der Waals surface area contributed by atoms with E-state index in [1.54, 1.807) is 0 Å². The molecule has 0 fully saturated rings. The lowest BCUT2D eigenvalue weighted by atomic mass is 10.0. The van der Waals surface area contributed by atoms with Crippen LogP contribution < -0.4 is 0 Å². The number of ether oxygens (including phenoxy) is 4. The summed E-state index contributed by atoms with van der Waals surface area (Å²) in [6.45, 7) is 4.81. The summed E-state index contributed by atoms with van der Waals surface area (Å²) in [5, 5.41) is 9.77. The first kappa shape index (κ1) is 90.2. The van der Waals surface area contributed by atoms with E-state index in [2.05, 4.69) is 111 Å². The minimum Gasteiger partial charge on any atom is -0.477 e. The quantitative estimate of drug-likeness (QED) is 0.0211. The highest BCUT2D eigenvalue weighted by atomic mass is 16.7. The van der Waals surface area contributed by atoms with E-state index in [9.17, 15) is 19.5 Å². The maximum atomic E-state index is 13.0. The van der Waals surface area contributed by atoms with Gasteiger partial charge < -0.3 is 28.5 Å². The van der Waals surface area contributed by atoms with Gasteiger partial charge in [-0.05, 0) is 77.0 Å². The molecule has 0 amide bonds. The highest BCUT2D eigenvalue weighted by Crippen LogP contribution is 2.19. The molecular weight excluding hydrogens is 1160 g/mol. The van der Waals surface area contributed by atoms with Crippen molar-refractivity contribution >= 4 is 17.9 Å². The number of unbranched alkanes of at least 4 members (excludes halogenated alkanes) is 43. The zero-order valence-electron chi connectivity index (χ0n) is 62.4. The molecule has 0 bridgehead atoms. The molecule has 94 heavy (non-hydrogen) atoms.